The molecule has 6 rings (SSSR count). The lowest BCUT2D eigenvalue weighted by atomic mass is 9.82. The molecule has 8 nitrogen and oxygen atoms in total. The molecule has 194 valence electrons. The number of piperazine rings is 1. The Balaban J connectivity index is 1.31. The largest absolute Gasteiger partial charge is 0.455 e. The number of quaternary nitrogens is 1. The zero-order chi connectivity index (χ0) is 26.0. The van der Waals surface area contributed by atoms with E-state index in [1.165, 1.54) is 11.8 Å². The predicted octanol–water partition coefficient (Wildman–Crippen LogP) is 2.45. The maximum Gasteiger partial charge on any atom is 0.328 e. The maximum absolute atomic E-state index is 13.7. The van der Waals surface area contributed by atoms with Gasteiger partial charge in [-0.25, -0.2) is 4.79 Å². The molecular weight excluding hydrogens is 470 g/mol. The standard InChI is InChI=1S/C29H34N3O5/c1-21(33)31-15-14-30(18-27(31)35)28(24-10-6-3-7-11-24)29(36)37-26-20-32(16-12-23(26)13-17-32)19-25(34)22-8-4-2-5-9-22/h2-11,23,26,28H,12-20H2,1H3/q+1/t23?,26-,28?,32?/m0/s1. The number of ether oxygens (including phenoxy) is 1. The van der Waals surface area contributed by atoms with Crippen LogP contribution in [-0.4, -0.2) is 89.8 Å². The Labute approximate surface area is 217 Å². The van der Waals surface area contributed by atoms with Crippen molar-refractivity contribution in [3.05, 3.63) is 71.8 Å². The molecule has 0 saturated carbocycles. The van der Waals surface area contributed by atoms with Crippen LogP contribution in [0.5, 0.6) is 0 Å². The van der Waals surface area contributed by atoms with Crippen LogP contribution in [0.25, 0.3) is 0 Å². The number of imide groups is 1. The van der Waals surface area contributed by atoms with Gasteiger partial charge in [-0.1, -0.05) is 60.7 Å². The molecule has 4 fully saturated rings. The van der Waals surface area contributed by atoms with Crippen LogP contribution in [0.15, 0.2) is 60.7 Å². The van der Waals surface area contributed by atoms with Gasteiger partial charge in [0.1, 0.15) is 19.1 Å². The first kappa shape index (κ1) is 25.3. The number of carbonyl (C=O) groups is 4. The van der Waals surface area contributed by atoms with E-state index in [0.717, 1.165) is 37.1 Å². The minimum Gasteiger partial charge on any atom is -0.455 e. The Morgan fingerprint density at radius 2 is 1.62 bits per heavy atom. The van der Waals surface area contributed by atoms with E-state index >= 15 is 0 Å². The average Bonchev–Trinajstić information content (AvgIpc) is 2.90. The third-order valence-corrected chi connectivity index (χ3v) is 8.22. The molecule has 37 heavy (non-hydrogen) atoms. The normalized spacial score (nSPS) is 26.5. The molecule has 0 aromatic heterocycles. The fraction of sp³-hybridized carbons (Fsp3) is 0.448. The smallest absolute Gasteiger partial charge is 0.328 e. The Bertz CT molecular complexity index is 1160. The number of esters is 1. The third-order valence-electron chi connectivity index (χ3n) is 8.22. The van der Waals surface area contributed by atoms with Crippen LogP contribution < -0.4 is 0 Å². The zero-order valence-corrected chi connectivity index (χ0v) is 21.3. The van der Waals surface area contributed by atoms with E-state index in [1.54, 1.807) is 0 Å². The molecule has 2 aromatic carbocycles. The summed E-state index contributed by atoms with van der Waals surface area (Å²) >= 11 is 0. The first-order valence-corrected chi connectivity index (χ1v) is 13.1. The number of fused-ring (bicyclic) bond motifs is 3. The van der Waals surface area contributed by atoms with Crippen LogP contribution in [0.1, 0.15) is 41.7 Å². The Hall–Kier alpha value is -3.36. The van der Waals surface area contributed by atoms with Gasteiger partial charge < -0.3 is 9.22 Å². The predicted molar refractivity (Wildman–Crippen MR) is 136 cm³/mol. The number of benzene rings is 2. The summed E-state index contributed by atoms with van der Waals surface area (Å²) in [6.45, 7) is 4.89. The lowest BCUT2D eigenvalue weighted by molar-refractivity contribution is -0.938. The molecule has 4 aliphatic rings. The summed E-state index contributed by atoms with van der Waals surface area (Å²) in [4.78, 5) is 54.2. The van der Waals surface area contributed by atoms with Gasteiger partial charge in [0, 0.05) is 44.3 Å². The molecule has 2 aromatic rings. The number of hydrogen-bond donors (Lipinski definition) is 0. The summed E-state index contributed by atoms with van der Waals surface area (Å²) in [5.74, 6) is -0.561. The molecule has 4 aliphatic heterocycles. The van der Waals surface area contributed by atoms with E-state index in [4.69, 9.17) is 4.74 Å². The van der Waals surface area contributed by atoms with Crippen LogP contribution >= 0.6 is 0 Å². The van der Waals surface area contributed by atoms with Crippen molar-refractivity contribution in [2.45, 2.75) is 31.9 Å². The van der Waals surface area contributed by atoms with Gasteiger partial charge in [-0.15, -0.1) is 0 Å². The van der Waals surface area contributed by atoms with Crippen LogP contribution in [0.3, 0.4) is 0 Å². The molecule has 0 spiro atoms. The first-order chi connectivity index (χ1) is 17.8. The van der Waals surface area contributed by atoms with Crippen molar-refractivity contribution in [2.24, 2.45) is 5.92 Å². The molecule has 0 radical (unpaired) electrons. The number of ketones is 1. The fourth-order valence-corrected chi connectivity index (χ4v) is 6.19. The highest BCUT2D eigenvalue weighted by molar-refractivity contribution is 5.97. The molecule has 0 N–H and O–H groups in total. The highest BCUT2D eigenvalue weighted by Crippen LogP contribution is 2.37. The summed E-state index contributed by atoms with van der Waals surface area (Å²) in [6, 6.07) is 18.0. The average molecular weight is 505 g/mol. The topological polar surface area (TPSA) is 84.0 Å². The van der Waals surface area contributed by atoms with Crippen LogP contribution in [0.2, 0.25) is 0 Å². The minimum absolute atomic E-state index is 0.0199. The van der Waals surface area contributed by atoms with E-state index in [2.05, 4.69) is 0 Å². The highest BCUT2D eigenvalue weighted by atomic mass is 16.5. The molecule has 0 aliphatic carbocycles. The summed E-state index contributed by atoms with van der Waals surface area (Å²) < 4.78 is 6.86. The van der Waals surface area contributed by atoms with Gasteiger partial charge in [-0.2, -0.15) is 0 Å². The fourth-order valence-electron chi connectivity index (χ4n) is 6.19. The zero-order valence-electron chi connectivity index (χ0n) is 21.3. The molecule has 2 atom stereocenters. The van der Waals surface area contributed by atoms with Crippen molar-refractivity contribution in [3.63, 3.8) is 0 Å². The lowest BCUT2D eigenvalue weighted by Gasteiger charge is -2.51. The van der Waals surface area contributed by atoms with Crippen LogP contribution in [-0.2, 0) is 19.1 Å². The number of amides is 2. The second-order valence-electron chi connectivity index (χ2n) is 10.6. The number of hydrogen-bond acceptors (Lipinski definition) is 6. The number of Topliss-reactive ketones (excluding diaryl/α,β-unsaturated/α-hetero) is 1. The monoisotopic (exact) mass is 504 g/mol. The van der Waals surface area contributed by atoms with E-state index in [1.807, 2.05) is 65.6 Å². The van der Waals surface area contributed by atoms with Crippen molar-refractivity contribution < 1.29 is 28.4 Å². The minimum atomic E-state index is -0.728. The second kappa shape index (κ2) is 10.6. The van der Waals surface area contributed by atoms with Gasteiger partial charge in [0.05, 0.1) is 19.6 Å². The number of nitrogens with zero attached hydrogens (tertiary/aromatic N) is 3. The Morgan fingerprint density at radius 3 is 2.24 bits per heavy atom. The number of carbonyl (C=O) groups excluding carboxylic acids is 4. The third kappa shape index (κ3) is 5.36. The SMILES string of the molecule is CC(=O)N1CCN(C(C(=O)O[C@H]2C[N+]3(CC(=O)c4ccccc4)CCC2CC3)c2ccccc2)CC1=O. The van der Waals surface area contributed by atoms with Gasteiger partial charge in [-0.05, 0) is 5.56 Å². The van der Waals surface area contributed by atoms with E-state index in [-0.39, 0.29) is 48.7 Å². The summed E-state index contributed by atoms with van der Waals surface area (Å²) in [6.07, 6.45) is 1.58. The first-order valence-electron chi connectivity index (χ1n) is 13.1. The van der Waals surface area contributed by atoms with Gasteiger partial charge in [0.2, 0.25) is 17.6 Å². The van der Waals surface area contributed by atoms with Gasteiger partial charge in [0.25, 0.3) is 0 Å². The quantitative estimate of drug-likeness (QED) is 0.327. The highest BCUT2D eigenvalue weighted by Gasteiger charge is 2.49. The molecule has 4 saturated heterocycles. The van der Waals surface area contributed by atoms with Gasteiger partial charge in [-0.3, -0.25) is 24.2 Å². The molecule has 2 bridgehead atoms. The number of rotatable bonds is 7. The van der Waals surface area contributed by atoms with E-state index < -0.39 is 6.04 Å². The maximum atomic E-state index is 13.7. The van der Waals surface area contributed by atoms with Crippen LogP contribution in [0, 0.1) is 5.92 Å². The molecule has 2 amide bonds. The molecule has 1 unspecified atom stereocenters. The van der Waals surface area contributed by atoms with Crippen molar-refractivity contribution in [1.82, 2.24) is 9.80 Å². The molecule has 8 heteroatoms. The summed E-state index contributed by atoms with van der Waals surface area (Å²) in [7, 11) is 0. The Kier molecular flexibility index (Phi) is 7.22. The summed E-state index contributed by atoms with van der Waals surface area (Å²) in [5.41, 5.74) is 1.48. The molecular formula is C29H34N3O5+. The van der Waals surface area contributed by atoms with Crippen molar-refractivity contribution in [1.29, 1.82) is 0 Å². The molecule has 4 heterocycles. The Morgan fingerprint density at radius 1 is 0.973 bits per heavy atom. The lowest BCUT2D eigenvalue weighted by Crippen LogP contribution is -2.66. The van der Waals surface area contributed by atoms with E-state index in [0.29, 0.717) is 24.1 Å². The van der Waals surface area contributed by atoms with Gasteiger partial charge >= 0.3 is 5.97 Å². The number of piperidine rings is 3. The van der Waals surface area contributed by atoms with Crippen molar-refractivity contribution in [3.8, 4) is 0 Å². The van der Waals surface area contributed by atoms with Crippen molar-refractivity contribution in [2.75, 3.05) is 45.8 Å². The van der Waals surface area contributed by atoms with E-state index in [9.17, 15) is 19.2 Å². The van der Waals surface area contributed by atoms with Crippen LogP contribution in [0.4, 0.5) is 0 Å². The van der Waals surface area contributed by atoms with Gasteiger partial charge in [0.15, 0.2) is 6.10 Å². The second-order valence-corrected chi connectivity index (χ2v) is 10.6. The summed E-state index contributed by atoms with van der Waals surface area (Å²) in [5, 5.41) is 0. The van der Waals surface area contributed by atoms with Crippen molar-refractivity contribution >= 4 is 23.6 Å².